The fourth-order valence-electron chi connectivity index (χ4n) is 2.75. The van der Waals surface area contributed by atoms with Gasteiger partial charge in [-0.1, -0.05) is 0 Å². The SMILES string of the molecule is CCNC(=NCC(c1ccc(C)s1)N1CCOCC1)NCCC(F)(F)F.I. The van der Waals surface area contributed by atoms with Gasteiger partial charge in [-0.15, -0.1) is 35.3 Å². The van der Waals surface area contributed by atoms with Gasteiger partial charge in [0.2, 0.25) is 0 Å². The number of nitrogens with one attached hydrogen (secondary N) is 2. The Balaban J connectivity index is 0.00000364. The van der Waals surface area contributed by atoms with Gasteiger partial charge in [-0.3, -0.25) is 9.89 Å². The van der Waals surface area contributed by atoms with Crippen molar-refractivity contribution < 1.29 is 17.9 Å². The van der Waals surface area contributed by atoms with E-state index in [-0.39, 0.29) is 36.6 Å². The number of halogens is 4. The van der Waals surface area contributed by atoms with Gasteiger partial charge in [-0.05, 0) is 26.0 Å². The summed E-state index contributed by atoms with van der Waals surface area (Å²) in [5, 5.41) is 5.79. The lowest BCUT2D eigenvalue weighted by molar-refractivity contribution is -0.132. The van der Waals surface area contributed by atoms with Gasteiger partial charge in [0.25, 0.3) is 0 Å². The average molecular weight is 520 g/mol. The summed E-state index contributed by atoms with van der Waals surface area (Å²) in [5.41, 5.74) is 0. The van der Waals surface area contributed by atoms with Gasteiger partial charge in [0.1, 0.15) is 0 Å². The summed E-state index contributed by atoms with van der Waals surface area (Å²) in [6.07, 6.45) is -5.05. The summed E-state index contributed by atoms with van der Waals surface area (Å²) in [5.74, 6) is 0.420. The summed E-state index contributed by atoms with van der Waals surface area (Å²) in [7, 11) is 0. The van der Waals surface area contributed by atoms with E-state index in [1.165, 1.54) is 9.75 Å². The highest BCUT2D eigenvalue weighted by Gasteiger charge is 2.27. The van der Waals surface area contributed by atoms with Crippen LogP contribution in [0.3, 0.4) is 0 Å². The first-order chi connectivity index (χ1) is 12.4. The lowest BCUT2D eigenvalue weighted by Crippen LogP contribution is -2.42. The molecule has 1 aliphatic rings. The zero-order chi connectivity index (χ0) is 19.0. The maximum Gasteiger partial charge on any atom is 0.390 e. The van der Waals surface area contributed by atoms with Crippen LogP contribution in [0.5, 0.6) is 0 Å². The second-order valence-corrected chi connectivity index (χ2v) is 7.44. The molecule has 156 valence electrons. The highest BCUT2D eigenvalue weighted by atomic mass is 127. The third-order valence-corrected chi connectivity index (χ3v) is 5.15. The number of aliphatic imine (C=N–C) groups is 1. The van der Waals surface area contributed by atoms with Gasteiger partial charge in [-0.25, -0.2) is 0 Å². The van der Waals surface area contributed by atoms with Crippen LogP contribution in [0.15, 0.2) is 17.1 Å². The van der Waals surface area contributed by atoms with Crippen molar-refractivity contribution in [3.8, 4) is 0 Å². The molecule has 1 aromatic heterocycles. The Kier molecular flexibility index (Phi) is 10.9. The van der Waals surface area contributed by atoms with E-state index in [1.807, 2.05) is 6.92 Å². The number of aryl methyl sites for hydroxylation is 1. The van der Waals surface area contributed by atoms with E-state index in [9.17, 15) is 13.2 Å². The molecule has 5 nitrogen and oxygen atoms in total. The number of rotatable bonds is 7. The molecule has 0 aromatic carbocycles. The van der Waals surface area contributed by atoms with Crippen molar-refractivity contribution in [2.75, 3.05) is 45.9 Å². The predicted octanol–water partition coefficient (Wildman–Crippen LogP) is 3.56. The minimum atomic E-state index is -4.17. The molecule has 0 saturated carbocycles. The van der Waals surface area contributed by atoms with Gasteiger partial charge in [0.15, 0.2) is 5.96 Å². The average Bonchev–Trinajstić information content (AvgIpc) is 3.01. The van der Waals surface area contributed by atoms with Crippen molar-refractivity contribution in [2.45, 2.75) is 32.5 Å². The quantitative estimate of drug-likeness (QED) is 0.328. The fourth-order valence-corrected chi connectivity index (χ4v) is 3.75. The number of guanidine groups is 1. The Morgan fingerprint density at radius 3 is 2.56 bits per heavy atom. The molecular formula is C17H28F3IN4OS. The topological polar surface area (TPSA) is 48.9 Å². The van der Waals surface area contributed by atoms with Gasteiger partial charge < -0.3 is 15.4 Å². The predicted molar refractivity (Wildman–Crippen MR) is 114 cm³/mol. The van der Waals surface area contributed by atoms with E-state index in [0.717, 1.165) is 13.1 Å². The van der Waals surface area contributed by atoms with Crippen LogP contribution in [0.2, 0.25) is 0 Å². The maximum absolute atomic E-state index is 12.4. The van der Waals surface area contributed by atoms with Crippen LogP contribution >= 0.6 is 35.3 Å². The summed E-state index contributed by atoms with van der Waals surface area (Å²) in [4.78, 5) is 9.33. The molecule has 1 aromatic rings. The highest BCUT2D eigenvalue weighted by molar-refractivity contribution is 14.0. The van der Waals surface area contributed by atoms with Gasteiger partial charge in [0.05, 0.1) is 32.2 Å². The molecule has 0 aliphatic carbocycles. The van der Waals surface area contributed by atoms with Crippen LogP contribution in [-0.4, -0.2) is 63.0 Å². The number of nitrogens with zero attached hydrogens (tertiary/aromatic N) is 2. The molecule has 2 N–H and O–H groups in total. The normalized spacial score (nSPS) is 17.3. The molecule has 27 heavy (non-hydrogen) atoms. The van der Waals surface area contributed by atoms with Crippen LogP contribution in [0.25, 0.3) is 0 Å². The van der Waals surface area contributed by atoms with Crippen molar-refractivity contribution in [2.24, 2.45) is 4.99 Å². The highest BCUT2D eigenvalue weighted by Crippen LogP contribution is 2.28. The van der Waals surface area contributed by atoms with E-state index < -0.39 is 12.6 Å². The van der Waals surface area contributed by atoms with Crippen LogP contribution in [-0.2, 0) is 4.74 Å². The summed E-state index contributed by atoms with van der Waals surface area (Å²) >= 11 is 1.73. The van der Waals surface area contributed by atoms with Gasteiger partial charge in [0, 0.05) is 35.9 Å². The van der Waals surface area contributed by atoms with Crippen LogP contribution in [0.1, 0.15) is 29.1 Å². The Morgan fingerprint density at radius 1 is 1.30 bits per heavy atom. The first-order valence-electron chi connectivity index (χ1n) is 8.86. The number of alkyl halides is 3. The van der Waals surface area contributed by atoms with Crippen molar-refractivity contribution >= 4 is 41.3 Å². The number of thiophene rings is 1. The minimum Gasteiger partial charge on any atom is -0.379 e. The smallest absolute Gasteiger partial charge is 0.379 e. The molecule has 0 radical (unpaired) electrons. The van der Waals surface area contributed by atoms with Gasteiger partial charge in [-0.2, -0.15) is 13.2 Å². The second-order valence-electron chi connectivity index (χ2n) is 6.12. The Bertz CT molecular complexity index is 577. The van der Waals surface area contributed by atoms with Crippen molar-refractivity contribution in [3.05, 3.63) is 21.9 Å². The molecule has 1 atom stereocenters. The Morgan fingerprint density at radius 2 is 2.00 bits per heavy atom. The standard InChI is InChI=1S/C17H27F3N4OS.HI/c1-3-21-16(22-7-6-17(18,19)20)23-12-14(15-5-4-13(2)26-15)24-8-10-25-11-9-24;/h4-5,14H,3,6-12H2,1-2H3,(H2,21,22,23);1H. The Labute approximate surface area is 179 Å². The van der Waals surface area contributed by atoms with E-state index in [4.69, 9.17) is 4.74 Å². The molecule has 0 spiro atoms. The van der Waals surface area contributed by atoms with Crippen LogP contribution in [0.4, 0.5) is 13.2 Å². The van der Waals surface area contributed by atoms with Gasteiger partial charge >= 0.3 is 6.18 Å². The number of hydrogen-bond donors (Lipinski definition) is 2. The molecule has 1 fully saturated rings. The molecule has 1 unspecified atom stereocenters. The Hall–Kier alpha value is -0.590. The monoisotopic (exact) mass is 520 g/mol. The van der Waals surface area contributed by atoms with Crippen LogP contribution in [0, 0.1) is 6.92 Å². The third-order valence-electron chi connectivity index (χ3n) is 4.04. The fraction of sp³-hybridized carbons (Fsp3) is 0.706. The van der Waals surface area contributed by atoms with E-state index >= 15 is 0 Å². The number of ether oxygens (including phenoxy) is 1. The van der Waals surface area contributed by atoms with Crippen molar-refractivity contribution in [3.63, 3.8) is 0 Å². The van der Waals surface area contributed by atoms with E-state index in [2.05, 4.69) is 39.6 Å². The number of hydrogen-bond acceptors (Lipinski definition) is 4. The molecule has 1 saturated heterocycles. The lowest BCUT2D eigenvalue weighted by Gasteiger charge is -2.33. The molecule has 10 heteroatoms. The zero-order valence-corrected chi connectivity index (χ0v) is 18.8. The minimum absolute atomic E-state index is 0. The molecular weight excluding hydrogens is 492 g/mol. The molecule has 1 aliphatic heterocycles. The third kappa shape index (κ3) is 8.97. The second kappa shape index (κ2) is 12.1. The van der Waals surface area contributed by atoms with E-state index in [0.29, 0.717) is 32.3 Å². The largest absolute Gasteiger partial charge is 0.390 e. The molecule has 2 heterocycles. The zero-order valence-electron chi connectivity index (χ0n) is 15.6. The maximum atomic E-state index is 12.4. The summed E-state index contributed by atoms with van der Waals surface area (Å²) in [6.45, 7) is 7.89. The van der Waals surface area contributed by atoms with Crippen molar-refractivity contribution in [1.29, 1.82) is 0 Å². The first-order valence-corrected chi connectivity index (χ1v) is 9.67. The lowest BCUT2D eigenvalue weighted by atomic mass is 10.2. The van der Waals surface area contributed by atoms with E-state index in [1.54, 1.807) is 11.3 Å². The summed E-state index contributed by atoms with van der Waals surface area (Å²) in [6, 6.07) is 4.31. The molecule has 0 bridgehead atoms. The van der Waals surface area contributed by atoms with Crippen molar-refractivity contribution in [1.82, 2.24) is 15.5 Å². The first kappa shape index (κ1) is 24.4. The summed E-state index contributed by atoms with van der Waals surface area (Å²) < 4.78 is 42.5. The molecule has 0 amide bonds. The number of morpholine rings is 1. The molecule has 2 rings (SSSR count). The van der Waals surface area contributed by atoms with Crippen LogP contribution < -0.4 is 10.6 Å².